The van der Waals surface area contributed by atoms with E-state index in [9.17, 15) is 4.39 Å². The zero-order valence-corrected chi connectivity index (χ0v) is 10.4. The number of nitrogens with zero attached hydrogens (tertiary/aromatic N) is 2. The van der Waals surface area contributed by atoms with E-state index in [1.807, 2.05) is 0 Å². The van der Waals surface area contributed by atoms with Crippen LogP contribution in [0.5, 0.6) is 0 Å². The number of thiazole rings is 1. The van der Waals surface area contributed by atoms with Crippen LogP contribution in [0.25, 0.3) is 0 Å². The quantitative estimate of drug-likeness (QED) is 0.773. The molecule has 0 bridgehead atoms. The average Bonchev–Trinajstić information content (AvgIpc) is 3.08. The Balaban J connectivity index is 2.06. The Morgan fingerprint density at radius 3 is 2.65 bits per heavy atom. The lowest BCUT2D eigenvalue weighted by molar-refractivity contribution is 0.628. The zero-order chi connectivity index (χ0) is 11.8. The number of rotatable bonds is 2. The summed E-state index contributed by atoms with van der Waals surface area (Å²) in [5, 5.41) is 2.13. The molecule has 0 atom stereocenters. The number of aryl methyl sites for hydroxylation is 1. The highest BCUT2D eigenvalue weighted by molar-refractivity contribution is 7.07. The normalized spacial score (nSPS) is 16.5. The van der Waals surface area contributed by atoms with E-state index in [4.69, 9.17) is 0 Å². The Morgan fingerprint density at radius 1 is 1.29 bits per heavy atom. The van der Waals surface area contributed by atoms with Crippen molar-refractivity contribution in [2.75, 3.05) is 0 Å². The van der Waals surface area contributed by atoms with Gasteiger partial charge in [0.15, 0.2) is 4.80 Å². The largest absolute Gasteiger partial charge is 0.318 e. The van der Waals surface area contributed by atoms with Crippen molar-refractivity contribution in [2.45, 2.75) is 25.8 Å². The lowest BCUT2D eigenvalue weighted by atomic mass is 10.3. The third kappa shape index (κ3) is 2.17. The van der Waals surface area contributed by atoms with Crippen molar-refractivity contribution >= 4 is 17.0 Å². The van der Waals surface area contributed by atoms with Gasteiger partial charge in [-0.2, -0.15) is 0 Å². The van der Waals surface area contributed by atoms with E-state index in [-0.39, 0.29) is 5.82 Å². The predicted molar refractivity (Wildman–Crippen MR) is 66.9 cm³/mol. The van der Waals surface area contributed by atoms with Gasteiger partial charge in [0.25, 0.3) is 0 Å². The highest BCUT2D eigenvalue weighted by Crippen LogP contribution is 2.35. The van der Waals surface area contributed by atoms with E-state index in [1.54, 1.807) is 23.5 Å². The first-order valence-corrected chi connectivity index (χ1v) is 6.59. The highest BCUT2D eigenvalue weighted by Gasteiger charge is 2.25. The summed E-state index contributed by atoms with van der Waals surface area (Å²) >= 11 is 1.65. The first kappa shape index (κ1) is 10.7. The van der Waals surface area contributed by atoms with E-state index in [0.717, 1.165) is 10.5 Å². The van der Waals surface area contributed by atoms with Crippen LogP contribution in [0.3, 0.4) is 0 Å². The van der Waals surface area contributed by atoms with Crippen molar-refractivity contribution in [1.82, 2.24) is 4.57 Å². The van der Waals surface area contributed by atoms with E-state index in [0.29, 0.717) is 6.04 Å². The second-order valence-corrected chi connectivity index (χ2v) is 5.19. The summed E-state index contributed by atoms with van der Waals surface area (Å²) in [6, 6.07) is 6.94. The number of hydrogen-bond donors (Lipinski definition) is 0. The topological polar surface area (TPSA) is 17.3 Å². The summed E-state index contributed by atoms with van der Waals surface area (Å²) in [7, 11) is 0. The molecular formula is C13H13FN2S. The van der Waals surface area contributed by atoms with Crippen LogP contribution in [0.1, 0.15) is 24.6 Å². The lowest BCUT2D eigenvalue weighted by Gasteiger charge is -2.02. The van der Waals surface area contributed by atoms with Gasteiger partial charge in [0.05, 0.1) is 5.69 Å². The monoisotopic (exact) mass is 248 g/mol. The Morgan fingerprint density at radius 2 is 2.00 bits per heavy atom. The minimum absolute atomic E-state index is 0.221. The van der Waals surface area contributed by atoms with Gasteiger partial charge in [-0.1, -0.05) is 0 Å². The maximum absolute atomic E-state index is 12.8. The van der Waals surface area contributed by atoms with Crippen molar-refractivity contribution in [1.29, 1.82) is 0 Å². The van der Waals surface area contributed by atoms with Crippen LogP contribution in [0.15, 0.2) is 34.6 Å². The Labute approximate surface area is 103 Å². The van der Waals surface area contributed by atoms with Gasteiger partial charge in [0.2, 0.25) is 0 Å². The van der Waals surface area contributed by atoms with E-state index >= 15 is 0 Å². The molecule has 0 spiro atoms. The molecule has 0 amide bonds. The molecule has 88 valence electrons. The van der Waals surface area contributed by atoms with Crippen molar-refractivity contribution < 1.29 is 4.39 Å². The molecule has 1 aromatic heterocycles. The molecule has 1 aliphatic rings. The molecular weight excluding hydrogens is 235 g/mol. The van der Waals surface area contributed by atoms with Crippen LogP contribution >= 0.6 is 11.3 Å². The standard InChI is InChI=1S/C13H13FN2S/c1-9-8-17-13(16(9)12-6-7-12)15-11-4-2-10(14)3-5-11/h2-5,8,12H,6-7H2,1H3. The fourth-order valence-corrected chi connectivity index (χ4v) is 2.84. The molecule has 0 aliphatic heterocycles. The first-order chi connectivity index (χ1) is 8.24. The molecule has 3 rings (SSSR count). The van der Waals surface area contributed by atoms with Crippen LogP contribution in [0.2, 0.25) is 0 Å². The van der Waals surface area contributed by atoms with Crippen LogP contribution < -0.4 is 4.80 Å². The van der Waals surface area contributed by atoms with Crippen LogP contribution in [-0.4, -0.2) is 4.57 Å². The molecule has 1 aromatic carbocycles. The van der Waals surface area contributed by atoms with Crippen LogP contribution in [0.4, 0.5) is 10.1 Å². The fourth-order valence-electron chi connectivity index (χ4n) is 1.89. The van der Waals surface area contributed by atoms with Gasteiger partial charge in [-0.15, -0.1) is 11.3 Å². The number of benzene rings is 1. The van der Waals surface area contributed by atoms with Gasteiger partial charge in [-0.25, -0.2) is 9.38 Å². The summed E-state index contributed by atoms with van der Waals surface area (Å²) in [5.74, 6) is -0.221. The van der Waals surface area contributed by atoms with Gasteiger partial charge in [-0.3, -0.25) is 0 Å². The van der Waals surface area contributed by atoms with Crippen molar-refractivity contribution in [3.05, 3.63) is 46.0 Å². The maximum atomic E-state index is 12.8. The number of aromatic nitrogens is 1. The summed E-state index contributed by atoms with van der Waals surface area (Å²) < 4.78 is 15.1. The predicted octanol–water partition coefficient (Wildman–Crippen LogP) is 3.56. The molecule has 2 aromatic rings. The second kappa shape index (κ2) is 4.11. The van der Waals surface area contributed by atoms with Gasteiger partial charge < -0.3 is 4.57 Å². The smallest absolute Gasteiger partial charge is 0.190 e. The molecule has 1 aliphatic carbocycles. The Bertz CT molecular complexity index is 591. The molecule has 1 heterocycles. The average molecular weight is 248 g/mol. The van der Waals surface area contributed by atoms with E-state index in [1.165, 1.54) is 30.7 Å². The summed E-state index contributed by atoms with van der Waals surface area (Å²) in [6.07, 6.45) is 2.49. The molecule has 0 N–H and O–H groups in total. The number of hydrogen-bond acceptors (Lipinski definition) is 2. The molecule has 0 unspecified atom stereocenters. The summed E-state index contributed by atoms with van der Waals surface area (Å²) in [4.78, 5) is 5.59. The van der Waals surface area contributed by atoms with Crippen LogP contribution in [0, 0.1) is 12.7 Å². The fraction of sp³-hybridized carbons (Fsp3) is 0.308. The van der Waals surface area contributed by atoms with Gasteiger partial charge in [0.1, 0.15) is 5.82 Å². The second-order valence-electron chi connectivity index (χ2n) is 4.35. The first-order valence-electron chi connectivity index (χ1n) is 5.71. The molecule has 0 radical (unpaired) electrons. The summed E-state index contributed by atoms with van der Waals surface area (Å²) in [5.41, 5.74) is 2.07. The van der Waals surface area contributed by atoms with Gasteiger partial charge in [0, 0.05) is 17.1 Å². The summed E-state index contributed by atoms with van der Waals surface area (Å²) in [6.45, 7) is 2.11. The minimum Gasteiger partial charge on any atom is -0.318 e. The van der Waals surface area contributed by atoms with Crippen molar-refractivity contribution in [3.8, 4) is 0 Å². The molecule has 1 fully saturated rings. The van der Waals surface area contributed by atoms with Crippen molar-refractivity contribution in [2.24, 2.45) is 4.99 Å². The lowest BCUT2D eigenvalue weighted by Crippen LogP contribution is -2.14. The van der Waals surface area contributed by atoms with Crippen molar-refractivity contribution in [3.63, 3.8) is 0 Å². The molecule has 4 heteroatoms. The molecule has 17 heavy (non-hydrogen) atoms. The molecule has 0 saturated heterocycles. The Hall–Kier alpha value is -1.42. The third-order valence-electron chi connectivity index (χ3n) is 2.88. The van der Waals surface area contributed by atoms with Crippen LogP contribution in [-0.2, 0) is 0 Å². The van der Waals surface area contributed by atoms with Gasteiger partial charge >= 0.3 is 0 Å². The van der Waals surface area contributed by atoms with Gasteiger partial charge in [-0.05, 0) is 44.0 Å². The number of halogens is 1. The highest BCUT2D eigenvalue weighted by atomic mass is 32.1. The maximum Gasteiger partial charge on any atom is 0.190 e. The molecule has 2 nitrogen and oxygen atoms in total. The SMILES string of the molecule is Cc1csc(=Nc2ccc(F)cc2)n1C1CC1. The zero-order valence-electron chi connectivity index (χ0n) is 9.56. The minimum atomic E-state index is -0.221. The third-order valence-corrected chi connectivity index (χ3v) is 3.84. The molecule has 1 saturated carbocycles. The van der Waals surface area contributed by atoms with E-state index < -0.39 is 0 Å². The van der Waals surface area contributed by atoms with E-state index in [2.05, 4.69) is 21.9 Å². The Kier molecular flexibility index (Phi) is 2.59.